The second-order valence-corrected chi connectivity index (χ2v) is 7.03. The molecule has 4 rings (SSSR count). The number of methoxy groups -OCH3 is 2. The zero-order valence-electron chi connectivity index (χ0n) is 17.7. The molecule has 3 aromatic carbocycles. The van der Waals surface area contributed by atoms with Crippen LogP contribution >= 0.6 is 0 Å². The summed E-state index contributed by atoms with van der Waals surface area (Å²) in [5, 5.41) is 6.27. The van der Waals surface area contributed by atoms with Crippen molar-refractivity contribution in [1.82, 2.24) is 0 Å². The minimum atomic E-state index is -0.525. The highest BCUT2D eigenvalue weighted by molar-refractivity contribution is 6.15. The van der Waals surface area contributed by atoms with Crippen molar-refractivity contribution in [3.05, 3.63) is 84.1 Å². The Labute approximate surface area is 184 Å². The first-order valence-electron chi connectivity index (χ1n) is 9.97. The van der Waals surface area contributed by atoms with E-state index in [9.17, 15) is 9.59 Å². The maximum atomic E-state index is 13.2. The van der Waals surface area contributed by atoms with Crippen molar-refractivity contribution in [2.45, 2.75) is 6.42 Å². The summed E-state index contributed by atoms with van der Waals surface area (Å²) >= 11 is 0. The number of amides is 2. The molecule has 0 aliphatic carbocycles. The molecule has 0 radical (unpaired) electrons. The highest BCUT2D eigenvalue weighted by atomic mass is 16.5. The molecule has 0 aliphatic rings. The van der Waals surface area contributed by atoms with Crippen LogP contribution in [0.2, 0.25) is 0 Å². The van der Waals surface area contributed by atoms with Gasteiger partial charge in [0.2, 0.25) is 11.7 Å². The molecule has 7 heteroatoms. The van der Waals surface area contributed by atoms with E-state index in [1.807, 2.05) is 36.4 Å². The summed E-state index contributed by atoms with van der Waals surface area (Å²) in [5.74, 6) is 0.239. The van der Waals surface area contributed by atoms with Crippen molar-refractivity contribution in [2.24, 2.45) is 0 Å². The number of benzene rings is 3. The number of fused-ring (bicyclic) bond motifs is 1. The van der Waals surface area contributed by atoms with Crippen molar-refractivity contribution < 1.29 is 23.5 Å². The van der Waals surface area contributed by atoms with Gasteiger partial charge in [0.15, 0.2) is 0 Å². The van der Waals surface area contributed by atoms with Crippen LogP contribution in [0.5, 0.6) is 11.5 Å². The summed E-state index contributed by atoms with van der Waals surface area (Å²) in [7, 11) is 3.04. The number of nitrogens with one attached hydrogen (secondary N) is 2. The summed E-state index contributed by atoms with van der Waals surface area (Å²) < 4.78 is 16.4. The van der Waals surface area contributed by atoms with E-state index < -0.39 is 5.91 Å². The highest BCUT2D eigenvalue weighted by Crippen LogP contribution is 2.34. The Kier molecular flexibility index (Phi) is 6.07. The summed E-state index contributed by atoms with van der Waals surface area (Å²) in [6, 6.07) is 21.6. The van der Waals surface area contributed by atoms with Crippen LogP contribution in [0, 0.1) is 0 Å². The van der Waals surface area contributed by atoms with Gasteiger partial charge in [-0.3, -0.25) is 9.59 Å². The third-order valence-corrected chi connectivity index (χ3v) is 4.93. The van der Waals surface area contributed by atoms with Crippen molar-refractivity contribution in [3.8, 4) is 11.5 Å². The van der Waals surface area contributed by atoms with E-state index in [1.54, 1.807) is 36.4 Å². The predicted octanol–water partition coefficient (Wildman–Crippen LogP) is 4.88. The summed E-state index contributed by atoms with van der Waals surface area (Å²) in [6.07, 6.45) is 0.172. The molecule has 0 unspecified atom stereocenters. The predicted molar refractivity (Wildman–Crippen MR) is 122 cm³/mol. The van der Waals surface area contributed by atoms with Crippen LogP contribution < -0.4 is 20.1 Å². The van der Waals surface area contributed by atoms with Crippen molar-refractivity contribution in [3.63, 3.8) is 0 Å². The topological polar surface area (TPSA) is 89.8 Å². The number of carbonyl (C=O) groups excluding carboxylic acids is 2. The highest BCUT2D eigenvalue weighted by Gasteiger charge is 2.23. The molecule has 0 fully saturated rings. The van der Waals surface area contributed by atoms with Gasteiger partial charge in [0.1, 0.15) is 22.8 Å². The van der Waals surface area contributed by atoms with Gasteiger partial charge in [-0.2, -0.15) is 0 Å². The lowest BCUT2D eigenvalue weighted by atomic mass is 10.1. The molecule has 4 aromatic rings. The number of hydrogen-bond donors (Lipinski definition) is 2. The van der Waals surface area contributed by atoms with Crippen LogP contribution in [0.1, 0.15) is 16.1 Å². The maximum Gasteiger partial charge on any atom is 0.293 e. The molecule has 32 heavy (non-hydrogen) atoms. The van der Waals surface area contributed by atoms with Gasteiger partial charge in [-0.05, 0) is 29.8 Å². The molecule has 1 aromatic heterocycles. The molecule has 2 N–H and O–H groups in total. The Hall–Kier alpha value is -4.26. The quantitative estimate of drug-likeness (QED) is 0.436. The number of furan rings is 1. The molecule has 0 spiro atoms. The Morgan fingerprint density at radius 1 is 0.875 bits per heavy atom. The van der Waals surface area contributed by atoms with Gasteiger partial charge >= 0.3 is 0 Å². The number of hydrogen-bond acceptors (Lipinski definition) is 5. The molecule has 1 heterocycles. The SMILES string of the molecule is COc1ccc(OC)c(NC(=O)c2oc3ccccc3c2NC(=O)Cc2ccccc2)c1. The number of ether oxygens (including phenoxy) is 2. The fourth-order valence-corrected chi connectivity index (χ4v) is 3.39. The first-order valence-corrected chi connectivity index (χ1v) is 9.97. The number of para-hydroxylation sites is 1. The van der Waals surface area contributed by atoms with Gasteiger partial charge in [-0.25, -0.2) is 0 Å². The standard InChI is InChI=1S/C25H22N2O5/c1-30-17-12-13-21(31-2)19(15-17)26-25(29)24-23(18-10-6-7-11-20(18)32-24)27-22(28)14-16-8-4-3-5-9-16/h3-13,15H,14H2,1-2H3,(H,26,29)(H,27,28). The van der Waals surface area contributed by atoms with Crippen molar-refractivity contribution in [2.75, 3.05) is 24.9 Å². The first-order chi connectivity index (χ1) is 15.6. The summed E-state index contributed by atoms with van der Waals surface area (Å²) in [6.45, 7) is 0. The number of anilines is 2. The lowest BCUT2D eigenvalue weighted by molar-refractivity contribution is -0.115. The molecule has 0 bridgehead atoms. The zero-order valence-corrected chi connectivity index (χ0v) is 17.7. The van der Waals surface area contributed by atoms with Gasteiger partial charge < -0.3 is 24.5 Å². The smallest absolute Gasteiger partial charge is 0.293 e. The lowest BCUT2D eigenvalue weighted by Crippen LogP contribution is -2.18. The summed E-state index contributed by atoms with van der Waals surface area (Å²) in [5.41, 5.74) is 2.09. The average molecular weight is 430 g/mol. The van der Waals surface area contributed by atoms with Gasteiger partial charge in [0.05, 0.1) is 26.3 Å². The molecular formula is C25H22N2O5. The number of carbonyl (C=O) groups is 2. The maximum absolute atomic E-state index is 13.2. The van der Waals surface area contributed by atoms with E-state index >= 15 is 0 Å². The third kappa shape index (κ3) is 4.41. The first kappa shape index (κ1) is 21.0. The van der Waals surface area contributed by atoms with Gasteiger partial charge in [-0.1, -0.05) is 42.5 Å². The van der Waals surface area contributed by atoms with Crippen LogP contribution in [0.3, 0.4) is 0 Å². The van der Waals surface area contributed by atoms with Crippen LogP contribution in [0.4, 0.5) is 11.4 Å². The summed E-state index contributed by atoms with van der Waals surface area (Å²) in [4.78, 5) is 25.9. The monoisotopic (exact) mass is 430 g/mol. The van der Waals surface area contributed by atoms with E-state index in [4.69, 9.17) is 13.9 Å². The Morgan fingerprint density at radius 3 is 2.38 bits per heavy atom. The van der Waals surface area contributed by atoms with Gasteiger partial charge in [0, 0.05) is 11.5 Å². The fourth-order valence-electron chi connectivity index (χ4n) is 3.39. The molecule has 0 aliphatic heterocycles. The third-order valence-electron chi connectivity index (χ3n) is 4.93. The van der Waals surface area contributed by atoms with Crippen molar-refractivity contribution in [1.29, 1.82) is 0 Å². The van der Waals surface area contributed by atoms with Gasteiger partial charge in [-0.15, -0.1) is 0 Å². The molecule has 0 saturated heterocycles. The van der Waals surface area contributed by atoms with Crippen LogP contribution in [-0.2, 0) is 11.2 Å². The van der Waals surface area contributed by atoms with E-state index in [-0.39, 0.29) is 18.1 Å². The fraction of sp³-hybridized carbons (Fsp3) is 0.120. The molecule has 0 saturated carbocycles. The minimum Gasteiger partial charge on any atom is -0.497 e. The largest absolute Gasteiger partial charge is 0.497 e. The molecule has 0 atom stereocenters. The Morgan fingerprint density at radius 2 is 1.62 bits per heavy atom. The number of rotatable bonds is 7. The molecule has 2 amide bonds. The van der Waals surface area contributed by atoms with E-state index in [2.05, 4.69) is 10.6 Å². The van der Waals surface area contributed by atoms with E-state index in [0.717, 1.165) is 5.56 Å². The van der Waals surface area contributed by atoms with Crippen LogP contribution in [0.25, 0.3) is 11.0 Å². The molecule has 162 valence electrons. The van der Waals surface area contributed by atoms with E-state index in [1.165, 1.54) is 14.2 Å². The van der Waals surface area contributed by atoms with Crippen LogP contribution in [0.15, 0.2) is 77.2 Å². The van der Waals surface area contributed by atoms with Crippen LogP contribution in [-0.4, -0.2) is 26.0 Å². The van der Waals surface area contributed by atoms with Gasteiger partial charge in [0.25, 0.3) is 5.91 Å². The minimum absolute atomic E-state index is 0.00233. The zero-order chi connectivity index (χ0) is 22.5. The second kappa shape index (κ2) is 9.26. The van der Waals surface area contributed by atoms with Crippen molar-refractivity contribution >= 4 is 34.2 Å². The average Bonchev–Trinajstić information content (AvgIpc) is 3.18. The lowest BCUT2D eigenvalue weighted by Gasteiger charge is -2.12. The second-order valence-electron chi connectivity index (χ2n) is 7.03. The molecule has 7 nitrogen and oxygen atoms in total. The Bertz CT molecular complexity index is 1260. The van der Waals surface area contributed by atoms with E-state index in [0.29, 0.717) is 33.8 Å². The normalized spacial score (nSPS) is 10.6. The Balaban J connectivity index is 1.65. The molecular weight excluding hydrogens is 408 g/mol.